The van der Waals surface area contributed by atoms with Gasteiger partial charge >= 0.3 is 0 Å². The van der Waals surface area contributed by atoms with Crippen molar-refractivity contribution in [2.24, 2.45) is 0 Å². The highest BCUT2D eigenvalue weighted by Gasteiger charge is 2.36. The highest BCUT2D eigenvalue weighted by atomic mass is 16.5. The van der Waals surface area contributed by atoms with Gasteiger partial charge in [0.25, 0.3) is 0 Å². The summed E-state index contributed by atoms with van der Waals surface area (Å²) in [6.45, 7) is 3.72. The quantitative estimate of drug-likeness (QED) is 0.861. The summed E-state index contributed by atoms with van der Waals surface area (Å²) in [6.07, 6.45) is 1.93. The van der Waals surface area contributed by atoms with E-state index in [9.17, 15) is 4.79 Å². The molecule has 2 aliphatic rings. The van der Waals surface area contributed by atoms with E-state index in [4.69, 9.17) is 4.74 Å². The van der Waals surface area contributed by atoms with Crippen molar-refractivity contribution in [1.82, 2.24) is 25.4 Å². The van der Waals surface area contributed by atoms with Gasteiger partial charge in [-0.05, 0) is 25.3 Å². The lowest BCUT2D eigenvalue weighted by molar-refractivity contribution is -0.130. The Morgan fingerprint density at radius 2 is 2.16 bits per heavy atom. The van der Waals surface area contributed by atoms with Crippen LogP contribution in [-0.4, -0.2) is 51.7 Å². The Balaban J connectivity index is 1.56. The number of benzene rings is 1. The highest BCUT2D eigenvalue weighted by molar-refractivity contribution is 5.83. The summed E-state index contributed by atoms with van der Waals surface area (Å²) in [6, 6.07) is 9.97. The monoisotopic (exact) mass is 341 g/mol. The smallest absolute Gasteiger partial charge is 0.242 e. The van der Waals surface area contributed by atoms with E-state index < -0.39 is 0 Å². The van der Waals surface area contributed by atoms with Gasteiger partial charge in [-0.25, -0.2) is 4.98 Å². The topological polar surface area (TPSA) is 83.1 Å². The first kappa shape index (κ1) is 16.2. The van der Waals surface area contributed by atoms with Gasteiger partial charge in [-0.1, -0.05) is 30.3 Å². The second-order valence-corrected chi connectivity index (χ2v) is 6.73. The molecular weight excluding hydrogens is 318 g/mol. The summed E-state index contributed by atoms with van der Waals surface area (Å²) in [5.41, 5.74) is 1.01. The number of amides is 1. The highest BCUT2D eigenvalue weighted by Crippen LogP contribution is 2.29. The van der Waals surface area contributed by atoms with Gasteiger partial charge in [-0.15, -0.1) is 0 Å². The zero-order valence-electron chi connectivity index (χ0n) is 14.3. The zero-order chi connectivity index (χ0) is 17.2. The minimum atomic E-state index is -0.312. The van der Waals surface area contributed by atoms with E-state index in [1.807, 2.05) is 37.3 Å². The molecule has 2 fully saturated rings. The predicted octanol–water partition coefficient (Wildman–Crippen LogP) is 1.51. The number of carbonyl (C=O) groups excluding carboxylic acids is 1. The molecule has 0 unspecified atom stereocenters. The number of ether oxygens (including phenoxy) is 1. The van der Waals surface area contributed by atoms with Crippen LogP contribution in [-0.2, 0) is 9.53 Å². The van der Waals surface area contributed by atoms with E-state index in [0.717, 1.165) is 24.2 Å². The Kier molecular flexibility index (Phi) is 4.50. The number of hydrogen-bond acceptors (Lipinski definition) is 5. The minimum Gasteiger partial charge on any atom is -0.367 e. The molecule has 1 saturated heterocycles. The van der Waals surface area contributed by atoms with Crippen molar-refractivity contribution < 1.29 is 9.53 Å². The molecule has 0 spiro atoms. The van der Waals surface area contributed by atoms with Gasteiger partial charge in [0.15, 0.2) is 5.82 Å². The van der Waals surface area contributed by atoms with Crippen molar-refractivity contribution in [2.75, 3.05) is 19.7 Å². The number of morpholine rings is 1. The molecule has 132 valence electrons. The lowest BCUT2D eigenvalue weighted by atomic mass is 10.0. The summed E-state index contributed by atoms with van der Waals surface area (Å²) in [4.78, 5) is 19.5. The van der Waals surface area contributed by atoms with Crippen LogP contribution >= 0.6 is 0 Å². The largest absolute Gasteiger partial charge is 0.367 e. The van der Waals surface area contributed by atoms with Crippen LogP contribution in [0.5, 0.6) is 0 Å². The van der Waals surface area contributed by atoms with E-state index in [0.29, 0.717) is 31.6 Å². The molecule has 25 heavy (non-hydrogen) atoms. The van der Waals surface area contributed by atoms with Crippen molar-refractivity contribution in [3.05, 3.63) is 47.5 Å². The van der Waals surface area contributed by atoms with E-state index >= 15 is 0 Å². The second-order valence-electron chi connectivity index (χ2n) is 6.73. The molecule has 1 aromatic heterocycles. The van der Waals surface area contributed by atoms with Crippen molar-refractivity contribution in [3.8, 4) is 0 Å². The third-order valence-electron chi connectivity index (χ3n) is 4.65. The Morgan fingerprint density at radius 3 is 2.84 bits per heavy atom. The van der Waals surface area contributed by atoms with Crippen LogP contribution in [0.4, 0.5) is 0 Å². The first-order chi connectivity index (χ1) is 12.2. The molecule has 2 N–H and O–H groups in total. The molecule has 4 rings (SSSR count). The van der Waals surface area contributed by atoms with Gasteiger partial charge in [-0.2, -0.15) is 5.10 Å². The van der Waals surface area contributed by atoms with Crippen LogP contribution in [0.3, 0.4) is 0 Å². The molecule has 1 aromatic carbocycles. The number of aromatic nitrogens is 3. The molecule has 1 aliphatic carbocycles. The molecule has 0 radical (unpaired) electrons. The molecule has 2 heterocycles. The third-order valence-corrected chi connectivity index (χ3v) is 4.65. The van der Waals surface area contributed by atoms with Crippen LogP contribution in [0.15, 0.2) is 30.3 Å². The summed E-state index contributed by atoms with van der Waals surface area (Å²) in [5, 5.41) is 10.2. The number of aromatic amines is 1. The third kappa shape index (κ3) is 3.72. The van der Waals surface area contributed by atoms with Gasteiger partial charge in [0, 0.05) is 19.1 Å². The number of H-pyrrole nitrogens is 1. The van der Waals surface area contributed by atoms with E-state index in [1.165, 1.54) is 0 Å². The van der Waals surface area contributed by atoms with Crippen LogP contribution in [0.2, 0.25) is 0 Å². The van der Waals surface area contributed by atoms with Crippen LogP contribution in [0.1, 0.15) is 42.2 Å². The fraction of sp³-hybridized carbons (Fsp3) is 0.500. The van der Waals surface area contributed by atoms with E-state index in [1.54, 1.807) is 0 Å². The Labute approximate surface area is 146 Å². The first-order valence-electron chi connectivity index (χ1n) is 8.80. The van der Waals surface area contributed by atoms with Gasteiger partial charge in [-0.3, -0.25) is 14.8 Å². The van der Waals surface area contributed by atoms with Crippen LogP contribution in [0, 0.1) is 6.92 Å². The summed E-state index contributed by atoms with van der Waals surface area (Å²) >= 11 is 0. The molecule has 1 aliphatic heterocycles. The first-order valence-corrected chi connectivity index (χ1v) is 8.80. The van der Waals surface area contributed by atoms with Gasteiger partial charge in [0.1, 0.15) is 18.0 Å². The summed E-state index contributed by atoms with van der Waals surface area (Å²) in [7, 11) is 0. The Morgan fingerprint density at radius 1 is 1.36 bits per heavy atom. The number of carbonyl (C=O) groups is 1. The van der Waals surface area contributed by atoms with E-state index in [-0.39, 0.29) is 18.1 Å². The number of rotatable bonds is 5. The fourth-order valence-corrected chi connectivity index (χ4v) is 3.24. The number of aryl methyl sites for hydroxylation is 1. The second kappa shape index (κ2) is 6.93. The SMILES string of the molecule is Cc1nc([C@@H]2CN([C@@H](C(=O)NC3CC3)c3ccccc3)CCO2)n[nH]1. The average Bonchev–Trinajstić information content (AvgIpc) is 3.33. The standard InChI is InChI=1S/C18H23N5O2/c1-12-19-17(22-21-12)15-11-23(9-10-25-15)16(13-5-3-2-4-6-13)18(24)20-14-7-8-14/h2-6,14-16H,7-11H2,1H3,(H,20,24)(H,19,21,22)/t15-,16+/m0/s1. The van der Waals surface area contributed by atoms with Crippen LogP contribution < -0.4 is 5.32 Å². The average molecular weight is 341 g/mol. The maximum absolute atomic E-state index is 12.9. The maximum Gasteiger partial charge on any atom is 0.242 e. The van der Waals surface area contributed by atoms with E-state index in [2.05, 4.69) is 25.4 Å². The van der Waals surface area contributed by atoms with Gasteiger partial charge in [0.05, 0.1) is 6.61 Å². The van der Waals surface area contributed by atoms with Crippen molar-refractivity contribution in [3.63, 3.8) is 0 Å². The maximum atomic E-state index is 12.9. The minimum absolute atomic E-state index is 0.0699. The van der Waals surface area contributed by atoms with Crippen molar-refractivity contribution in [1.29, 1.82) is 0 Å². The lowest BCUT2D eigenvalue weighted by Gasteiger charge is -2.36. The Hall–Kier alpha value is -2.25. The molecule has 7 heteroatoms. The van der Waals surface area contributed by atoms with Gasteiger partial charge < -0.3 is 10.1 Å². The molecule has 2 atom stereocenters. The zero-order valence-corrected chi connectivity index (χ0v) is 14.3. The molecular formula is C18H23N5O2. The molecule has 2 aromatic rings. The van der Waals surface area contributed by atoms with Crippen molar-refractivity contribution in [2.45, 2.75) is 38.0 Å². The molecule has 0 bridgehead atoms. The summed E-state index contributed by atoms with van der Waals surface area (Å²) < 4.78 is 5.85. The number of nitrogens with zero attached hydrogens (tertiary/aromatic N) is 3. The fourth-order valence-electron chi connectivity index (χ4n) is 3.24. The molecule has 1 amide bonds. The van der Waals surface area contributed by atoms with Crippen molar-refractivity contribution >= 4 is 5.91 Å². The normalized spacial score (nSPS) is 22.5. The van der Waals surface area contributed by atoms with Gasteiger partial charge in [0.2, 0.25) is 5.91 Å². The Bertz CT molecular complexity index is 728. The summed E-state index contributed by atoms with van der Waals surface area (Å²) in [5.74, 6) is 1.49. The predicted molar refractivity (Wildman–Crippen MR) is 91.7 cm³/mol. The lowest BCUT2D eigenvalue weighted by Crippen LogP contribution is -2.47. The number of hydrogen-bond donors (Lipinski definition) is 2. The molecule has 1 saturated carbocycles. The van der Waals surface area contributed by atoms with Crippen LogP contribution in [0.25, 0.3) is 0 Å². The number of nitrogens with one attached hydrogen (secondary N) is 2. The molecule has 7 nitrogen and oxygen atoms in total.